The Labute approximate surface area is 149 Å². The molecule has 3 rings (SSSR count). The predicted molar refractivity (Wildman–Crippen MR) is 99.3 cm³/mol. The molecule has 0 saturated carbocycles. The Morgan fingerprint density at radius 1 is 0.960 bits per heavy atom. The van der Waals surface area contributed by atoms with Crippen molar-refractivity contribution in [1.82, 2.24) is 10.3 Å². The van der Waals surface area contributed by atoms with Gasteiger partial charge in [-0.15, -0.1) is 0 Å². The van der Waals surface area contributed by atoms with Crippen molar-refractivity contribution in [3.63, 3.8) is 0 Å². The topological polar surface area (TPSA) is 53.6 Å². The van der Waals surface area contributed by atoms with Gasteiger partial charge in [0, 0.05) is 25.3 Å². The third-order valence-electron chi connectivity index (χ3n) is 4.29. The molecule has 0 aromatic heterocycles. The molecule has 0 bridgehead atoms. The van der Waals surface area contributed by atoms with Crippen molar-refractivity contribution >= 4 is 11.6 Å². The highest BCUT2D eigenvalue weighted by Gasteiger charge is 2.16. The molecule has 0 aliphatic carbocycles. The number of carbonyl (C=O) groups is 1. The minimum Gasteiger partial charge on any atom is -0.484 e. The minimum atomic E-state index is 0.0810. The lowest BCUT2D eigenvalue weighted by atomic mass is 10.1. The van der Waals surface area contributed by atoms with Crippen molar-refractivity contribution in [3.8, 4) is 5.75 Å². The summed E-state index contributed by atoms with van der Waals surface area (Å²) in [6.45, 7) is 2.54. The Bertz CT molecular complexity index is 652. The van der Waals surface area contributed by atoms with Crippen LogP contribution in [0.25, 0.3) is 0 Å². The summed E-state index contributed by atoms with van der Waals surface area (Å²) in [5.41, 5.74) is 8.50. The summed E-state index contributed by atoms with van der Waals surface area (Å²) in [4.78, 5) is 14.0. The van der Waals surface area contributed by atoms with Crippen LogP contribution in [-0.4, -0.2) is 30.5 Å². The smallest absolute Gasteiger partial charge is 0.260 e. The predicted octanol–water partition coefficient (Wildman–Crippen LogP) is 3.19. The summed E-state index contributed by atoms with van der Waals surface area (Å²) in [7, 11) is 0. The number of piperidine rings is 1. The molecule has 0 unspecified atom stereocenters. The molecule has 1 saturated heterocycles. The van der Waals surface area contributed by atoms with Crippen LogP contribution in [0, 0.1) is 0 Å². The van der Waals surface area contributed by atoms with Crippen LogP contribution >= 0.6 is 0 Å². The van der Waals surface area contributed by atoms with Crippen LogP contribution in [0.3, 0.4) is 0 Å². The molecular formula is C20H25N3O2. The lowest BCUT2D eigenvalue weighted by Crippen LogP contribution is -2.38. The van der Waals surface area contributed by atoms with Crippen LogP contribution in [0.4, 0.5) is 5.69 Å². The fraction of sp³-hybridized carbons (Fsp3) is 0.350. The van der Waals surface area contributed by atoms with E-state index < -0.39 is 0 Å². The van der Waals surface area contributed by atoms with Crippen LogP contribution in [0.15, 0.2) is 54.6 Å². The number of ether oxygens (including phenoxy) is 1. The number of nitrogens with zero attached hydrogens (tertiary/aromatic N) is 1. The fourth-order valence-electron chi connectivity index (χ4n) is 2.85. The molecule has 5 heteroatoms. The lowest BCUT2D eigenvalue weighted by Gasteiger charge is -2.26. The van der Waals surface area contributed by atoms with E-state index in [1.165, 1.54) is 6.42 Å². The van der Waals surface area contributed by atoms with Gasteiger partial charge >= 0.3 is 0 Å². The summed E-state index contributed by atoms with van der Waals surface area (Å²) >= 11 is 0. The molecule has 2 aromatic rings. The van der Waals surface area contributed by atoms with Crippen LogP contribution < -0.4 is 15.6 Å². The Morgan fingerprint density at radius 2 is 1.68 bits per heavy atom. The molecule has 25 heavy (non-hydrogen) atoms. The van der Waals surface area contributed by atoms with E-state index in [9.17, 15) is 4.79 Å². The maximum Gasteiger partial charge on any atom is 0.260 e. The minimum absolute atomic E-state index is 0.0810. The Morgan fingerprint density at radius 3 is 2.40 bits per heavy atom. The number of nitrogens with one attached hydrogen (secondary N) is 2. The molecule has 1 aliphatic rings. The normalized spacial score (nSPS) is 14.2. The third kappa shape index (κ3) is 5.50. The van der Waals surface area contributed by atoms with Crippen molar-refractivity contribution in [2.75, 3.05) is 25.1 Å². The first-order valence-electron chi connectivity index (χ1n) is 8.85. The first-order valence-corrected chi connectivity index (χ1v) is 8.85. The average molecular weight is 339 g/mol. The Balaban J connectivity index is 1.40. The Kier molecular flexibility index (Phi) is 6.29. The zero-order chi connectivity index (χ0) is 17.3. The third-order valence-corrected chi connectivity index (χ3v) is 4.29. The molecule has 0 radical (unpaired) electrons. The molecule has 0 atom stereocenters. The number of likely N-dealkylation sites (tertiary alicyclic amines) is 1. The van der Waals surface area contributed by atoms with Crippen LogP contribution in [0.1, 0.15) is 24.8 Å². The maximum absolute atomic E-state index is 12.1. The number of hydrogen-bond acceptors (Lipinski definition) is 4. The quantitative estimate of drug-likeness (QED) is 0.761. The number of rotatable bonds is 7. The van der Waals surface area contributed by atoms with Crippen molar-refractivity contribution in [3.05, 3.63) is 60.2 Å². The summed E-state index contributed by atoms with van der Waals surface area (Å²) < 4.78 is 5.62. The average Bonchev–Trinajstić information content (AvgIpc) is 2.68. The zero-order valence-electron chi connectivity index (χ0n) is 14.4. The second kappa shape index (κ2) is 9.08. The molecule has 2 N–H and O–H groups in total. The van der Waals surface area contributed by atoms with Gasteiger partial charge in [-0.2, -0.15) is 0 Å². The number of anilines is 1. The number of hydrazine groups is 1. The van der Waals surface area contributed by atoms with Crippen molar-refractivity contribution < 1.29 is 9.53 Å². The molecule has 2 aromatic carbocycles. The molecule has 1 amide bonds. The van der Waals surface area contributed by atoms with E-state index in [2.05, 4.69) is 10.9 Å². The molecule has 1 aliphatic heterocycles. The fourth-order valence-corrected chi connectivity index (χ4v) is 2.85. The highest BCUT2D eigenvalue weighted by Crippen LogP contribution is 2.14. The molecule has 1 heterocycles. The zero-order valence-corrected chi connectivity index (χ0v) is 14.4. The molecule has 1 fully saturated rings. The van der Waals surface area contributed by atoms with Crippen LogP contribution in [0.5, 0.6) is 5.75 Å². The highest BCUT2D eigenvalue weighted by molar-refractivity contribution is 5.77. The van der Waals surface area contributed by atoms with Gasteiger partial charge in [-0.1, -0.05) is 30.3 Å². The molecule has 5 nitrogen and oxygen atoms in total. The largest absolute Gasteiger partial charge is 0.484 e. The van der Waals surface area contributed by atoms with Crippen LogP contribution in [0.2, 0.25) is 0 Å². The van der Waals surface area contributed by atoms with Crippen molar-refractivity contribution in [1.29, 1.82) is 0 Å². The number of benzene rings is 2. The first-order chi connectivity index (χ1) is 12.3. The molecule has 132 valence electrons. The van der Waals surface area contributed by atoms with Gasteiger partial charge in [0.25, 0.3) is 5.91 Å². The van der Waals surface area contributed by atoms with E-state index in [1.54, 1.807) is 0 Å². The maximum atomic E-state index is 12.1. The second-order valence-electron chi connectivity index (χ2n) is 6.22. The van der Waals surface area contributed by atoms with E-state index >= 15 is 0 Å². The molecule has 0 spiro atoms. The van der Waals surface area contributed by atoms with Gasteiger partial charge < -0.3 is 15.1 Å². The summed E-state index contributed by atoms with van der Waals surface area (Å²) in [5, 5.41) is 0. The van der Waals surface area contributed by atoms with Gasteiger partial charge in [0.15, 0.2) is 6.61 Å². The van der Waals surface area contributed by atoms with E-state index in [0.29, 0.717) is 6.54 Å². The van der Waals surface area contributed by atoms with Crippen LogP contribution in [-0.2, 0) is 11.3 Å². The van der Waals surface area contributed by atoms with E-state index in [0.717, 1.165) is 42.9 Å². The highest BCUT2D eigenvalue weighted by atomic mass is 16.5. The van der Waals surface area contributed by atoms with Gasteiger partial charge in [0.1, 0.15) is 5.75 Å². The second-order valence-corrected chi connectivity index (χ2v) is 6.22. The standard InChI is InChI=1S/C20H25N3O2/c24-20(23-13-5-2-6-14-23)16-25-19-11-9-17(10-12-19)15-21-22-18-7-3-1-4-8-18/h1,3-4,7-12,21-22H,2,5-6,13-16H2. The number of hydrogen-bond donors (Lipinski definition) is 2. The SMILES string of the molecule is O=C(COc1ccc(CNNc2ccccc2)cc1)N1CCCCC1. The van der Waals surface area contributed by atoms with Crippen molar-refractivity contribution in [2.45, 2.75) is 25.8 Å². The monoisotopic (exact) mass is 339 g/mol. The first kappa shape index (κ1) is 17.3. The van der Waals surface area contributed by atoms with Gasteiger partial charge in [-0.3, -0.25) is 4.79 Å². The van der Waals surface area contributed by atoms with E-state index in [4.69, 9.17) is 4.74 Å². The Hall–Kier alpha value is -2.53. The number of para-hydroxylation sites is 1. The molecular weight excluding hydrogens is 314 g/mol. The van der Waals surface area contributed by atoms with E-state index in [1.807, 2.05) is 59.5 Å². The van der Waals surface area contributed by atoms with E-state index in [-0.39, 0.29) is 12.5 Å². The van der Waals surface area contributed by atoms with Gasteiger partial charge in [-0.25, -0.2) is 5.43 Å². The van der Waals surface area contributed by atoms with Gasteiger partial charge in [0.2, 0.25) is 0 Å². The summed E-state index contributed by atoms with van der Waals surface area (Å²) in [6.07, 6.45) is 3.42. The number of carbonyl (C=O) groups excluding carboxylic acids is 1. The van der Waals surface area contributed by atoms with Gasteiger partial charge in [-0.05, 0) is 49.1 Å². The number of amides is 1. The summed E-state index contributed by atoms with van der Waals surface area (Å²) in [5.74, 6) is 0.808. The van der Waals surface area contributed by atoms with Gasteiger partial charge in [0.05, 0.1) is 0 Å². The van der Waals surface area contributed by atoms with Crippen molar-refractivity contribution in [2.24, 2.45) is 0 Å². The summed E-state index contributed by atoms with van der Waals surface area (Å²) in [6, 6.07) is 17.8. The lowest BCUT2D eigenvalue weighted by molar-refractivity contribution is -0.134.